The van der Waals surface area contributed by atoms with Crippen LogP contribution in [0.1, 0.15) is 30.1 Å². The van der Waals surface area contributed by atoms with Gasteiger partial charge < -0.3 is 10.2 Å². The quantitative estimate of drug-likeness (QED) is 0.800. The number of hydrogen-bond donors (Lipinski definition) is 1. The molecule has 1 saturated heterocycles. The number of thiazole rings is 1. The van der Waals surface area contributed by atoms with Crippen molar-refractivity contribution in [1.82, 2.24) is 20.1 Å². The van der Waals surface area contributed by atoms with Gasteiger partial charge in [0.1, 0.15) is 0 Å². The van der Waals surface area contributed by atoms with Gasteiger partial charge in [-0.2, -0.15) is 0 Å². The highest BCUT2D eigenvalue weighted by Gasteiger charge is 2.23. The number of nitrogens with one attached hydrogen (secondary N) is 1. The third-order valence-corrected chi connectivity index (χ3v) is 5.25. The van der Waals surface area contributed by atoms with Gasteiger partial charge in [-0.15, -0.1) is 11.3 Å². The summed E-state index contributed by atoms with van der Waals surface area (Å²) in [5.41, 5.74) is 3.44. The molecule has 1 N–H and O–H groups in total. The zero-order chi connectivity index (χ0) is 17.6. The standard InChI is InChI=1S/C18H24N4O2S/c1-2-3-6-19-17(23)12-21-7-9-22(10-8-21)18(24)14-4-5-15-16(11-14)25-13-20-15/h4-5,11,13H,2-3,6-10,12H2,1H3,(H,19,23). The SMILES string of the molecule is CCCCNC(=O)CN1CCN(C(=O)c2ccc3ncsc3c2)CC1. The summed E-state index contributed by atoms with van der Waals surface area (Å²) < 4.78 is 1.04. The predicted octanol–water partition coefficient (Wildman–Crippen LogP) is 1.97. The number of carbonyl (C=O) groups excluding carboxylic acids is 2. The molecule has 1 aromatic carbocycles. The molecule has 0 spiro atoms. The molecule has 3 rings (SSSR count). The van der Waals surface area contributed by atoms with Crippen molar-refractivity contribution >= 4 is 33.4 Å². The molecule has 25 heavy (non-hydrogen) atoms. The molecule has 0 radical (unpaired) electrons. The van der Waals surface area contributed by atoms with Crippen LogP contribution >= 0.6 is 11.3 Å². The molecular weight excluding hydrogens is 336 g/mol. The Morgan fingerprint density at radius 2 is 2.04 bits per heavy atom. The molecule has 1 aliphatic heterocycles. The van der Waals surface area contributed by atoms with Crippen LogP contribution in [0.5, 0.6) is 0 Å². The Kier molecular flexibility index (Phi) is 5.99. The molecule has 6 nitrogen and oxygen atoms in total. The van der Waals surface area contributed by atoms with Crippen LogP contribution in [0.15, 0.2) is 23.7 Å². The van der Waals surface area contributed by atoms with Gasteiger partial charge >= 0.3 is 0 Å². The number of carbonyl (C=O) groups is 2. The fourth-order valence-electron chi connectivity index (χ4n) is 2.94. The first kappa shape index (κ1) is 17.8. The van der Waals surface area contributed by atoms with Gasteiger partial charge in [0.25, 0.3) is 5.91 Å². The number of unbranched alkanes of at least 4 members (excludes halogenated alkanes) is 1. The molecule has 2 heterocycles. The van der Waals surface area contributed by atoms with E-state index in [0.717, 1.165) is 42.7 Å². The van der Waals surface area contributed by atoms with Gasteiger partial charge in [0.05, 0.1) is 22.3 Å². The van der Waals surface area contributed by atoms with Crippen LogP contribution in [0.2, 0.25) is 0 Å². The summed E-state index contributed by atoms with van der Waals surface area (Å²) in [6, 6.07) is 5.66. The van der Waals surface area contributed by atoms with Gasteiger partial charge in [0.2, 0.25) is 5.91 Å². The smallest absolute Gasteiger partial charge is 0.253 e. The number of piperazine rings is 1. The van der Waals surface area contributed by atoms with Crippen LogP contribution in [0.3, 0.4) is 0 Å². The predicted molar refractivity (Wildman–Crippen MR) is 99.9 cm³/mol. The highest BCUT2D eigenvalue weighted by atomic mass is 32.1. The highest BCUT2D eigenvalue weighted by molar-refractivity contribution is 7.16. The second-order valence-electron chi connectivity index (χ2n) is 6.31. The molecule has 0 unspecified atom stereocenters. The minimum Gasteiger partial charge on any atom is -0.355 e. The van der Waals surface area contributed by atoms with Crippen LogP contribution in [-0.2, 0) is 4.79 Å². The first-order chi connectivity index (χ1) is 12.2. The minimum atomic E-state index is 0.0577. The van der Waals surface area contributed by atoms with E-state index in [1.54, 1.807) is 16.8 Å². The molecule has 2 aromatic rings. The average molecular weight is 360 g/mol. The van der Waals surface area contributed by atoms with Crippen molar-refractivity contribution in [2.45, 2.75) is 19.8 Å². The van der Waals surface area contributed by atoms with Crippen LogP contribution in [-0.4, -0.2) is 65.9 Å². The van der Waals surface area contributed by atoms with Gasteiger partial charge in [0, 0.05) is 38.3 Å². The van der Waals surface area contributed by atoms with Gasteiger partial charge in [-0.05, 0) is 24.6 Å². The van der Waals surface area contributed by atoms with Crippen molar-refractivity contribution in [1.29, 1.82) is 0 Å². The zero-order valence-corrected chi connectivity index (χ0v) is 15.3. The Hall–Kier alpha value is -1.99. The zero-order valence-electron chi connectivity index (χ0n) is 14.5. The van der Waals surface area contributed by atoms with E-state index in [9.17, 15) is 9.59 Å². The van der Waals surface area contributed by atoms with E-state index >= 15 is 0 Å². The van der Waals surface area contributed by atoms with E-state index in [1.165, 1.54) is 0 Å². The largest absolute Gasteiger partial charge is 0.355 e. The molecule has 1 aromatic heterocycles. The molecule has 7 heteroatoms. The topological polar surface area (TPSA) is 65.5 Å². The fraction of sp³-hybridized carbons (Fsp3) is 0.500. The van der Waals surface area contributed by atoms with E-state index in [-0.39, 0.29) is 11.8 Å². The fourth-order valence-corrected chi connectivity index (χ4v) is 3.66. The van der Waals surface area contributed by atoms with E-state index in [1.807, 2.05) is 23.1 Å². The maximum absolute atomic E-state index is 12.7. The van der Waals surface area contributed by atoms with E-state index in [0.29, 0.717) is 25.2 Å². The van der Waals surface area contributed by atoms with E-state index < -0.39 is 0 Å². The third-order valence-electron chi connectivity index (χ3n) is 4.46. The van der Waals surface area contributed by atoms with Crippen LogP contribution in [0.25, 0.3) is 10.2 Å². The lowest BCUT2D eigenvalue weighted by atomic mass is 10.1. The first-order valence-corrected chi connectivity index (χ1v) is 9.67. The summed E-state index contributed by atoms with van der Waals surface area (Å²) in [7, 11) is 0. The van der Waals surface area contributed by atoms with Gasteiger partial charge in [-0.25, -0.2) is 4.98 Å². The molecular formula is C18H24N4O2S. The van der Waals surface area contributed by atoms with Crippen LogP contribution in [0.4, 0.5) is 0 Å². The maximum atomic E-state index is 12.7. The molecule has 0 saturated carbocycles. The van der Waals surface area contributed by atoms with Gasteiger partial charge in [-0.3, -0.25) is 14.5 Å². The molecule has 0 bridgehead atoms. The minimum absolute atomic E-state index is 0.0577. The van der Waals surface area contributed by atoms with Gasteiger partial charge in [0.15, 0.2) is 0 Å². The van der Waals surface area contributed by atoms with Crippen LogP contribution in [0, 0.1) is 0 Å². The average Bonchev–Trinajstić information content (AvgIpc) is 3.09. The maximum Gasteiger partial charge on any atom is 0.253 e. The number of benzene rings is 1. The summed E-state index contributed by atoms with van der Waals surface area (Å²) in [4.78, 5) is 32.8. The lowest BCUT2D eigenvalue weighted by molar-refractivity contribution is -0.122. The summed E-state index contributed by atoms with van der Waals surface area (Å²) in [6.07, 6.45) is 2.09. The summed E-state index contributed by atoms with van der Waals surface area (Å²) in [5.74, 6) is 0.131. The van der Waals surface area contributed by atoms with Crippen molar-refractivity contribution in [3.63, 3.8) is 0 Å². The van der Waals surface area contributed by atoms with Crippen molar-refractivity contribution in [2.24, 2.45) is 0 Å². The number of aromatic nitrogens is 1. The lowest BCUT2D eigenvalue weighted by Crippen LogP contribution is -2.51. The van der Waals surface area contributed by atoms with Crippen molar-refractivity contribution in [3.8, 4) is 0 Å². The summed E-state index contributed by atoms with van der Waals surface area (Å²) in [5, 5.41) is 2.94. The third kappa shape index (κ3) is 4.55. The van der Waals surface area contributed by atoms with E-state index in [4.69, 9.17) is 0 Å². The Labute approximate surface area is 151 Å². The van der Waals surface area contributed by atoms with Crippen molar-refractivity contribution in [3.05, 3.63) is 29.3 Å². The molecule has 0 aliphatic carbocycles. The number of fused-ring (bicyclic) bond motifs is 1. The van der Waals surface area contributed by atoms with Crippen molar-refractivity contribution in [2.75, 3.05) is 39.3 Å². The molecule has 0 atom stereocenters. The molecule has 2 amide bonds. The summed E-state index contributed by atoms with van der Waals surface area (Å²) >= 11 is 1.55. The normalized spacial score (nSPS) is 15.5. The Morgan fingerprint density at radius 1 is 1.24 bits per heavy atom. The number of amides is 2. The molecule has 1 fully saturated rings. The van der Waals surface area contributed by atoms with E-state index in [2.05, 4.69) is 22.1 Å². The van der Waals surface area contributed by atoms with Crippen LogP contribution < -0.4 is 5.32 Å². The second kappa shape index (κ2) is 8.40. The lowest BCUT2D eigenvalue weighted by Gasteiger charge is -2.34. The monoisotopic (exact) mass is 360 g/mol. The van der Waals surface area contributed by atoms with Gasteiger partial charge in [-0.1, -0.05) is 13.3 Å². The highest BCUT2D eigenvalue weighted by Crippen LogP contribution is 2.20. The Balaban J connectivity index is 1.49. The molecule has 134 valence electrons. The Morgan fingerprint density at radius 3 is 2.80 bits per heavy atom. The first-order valence-electron chi connectivity index (χ1n) is 8.79. The summed E-state index contributed by atoms with van der Waals surface area (Å²) in [6.45, 7) is 6.04. The Bertz CT molecular complexity index is 738. The number of rotatable bonds is 6. The second-order valence-corrected chi connectivity index (χ2v) is 7.19. The number of nitrogens with zero attached hydrogens (tertiary/aromatic N) is 3. The molecule has 1 aliphatic rings. The van der Waals surface area contributed by atoms with Crippen molar-refractivity contribution < 1.29 is 9.59 Å². The number of hydrogen-bond acceptors (Lipinski definition) is 5.